The van der Waals surface area contributed by atoms with Crippen LogP contribution in [-0.2, 0) is 4.75 Å². The van der Waals surface area contributed by atoms with Gasteiger partial charge in [0.15, 0.2) is 0 Å². The lowest BCUT2D eigenvalue weighted by atomic mass is 9.98. The maximum absolute atomic E-state index is 6.14. The second kappa shape index (κ2) is 4.16. The van der Waals surface area contributed by atoms with Crippen LogP contribution in [-0.4, -0.2) is 6.26 Å². The molecular formula is C12H17ClS. The van der Waals surface area contributed by atoms with E-state index < -0.39 is 0 Å². The summed E-state index contributed by atoms with van der Waals surface area (Å²) in [7, 11) is 0. The van der Waals surface area contributed by atoms with Gasteiger partial charge in [-0.1, -0.05) is 23.7 Å². The molecule has 0 saturated carbocycles. The number of hydrogen-bond acceptors (Lipinski definition) is 1. The SMILES string of the molecule is CSC(C)(C)c1cc(C)c(Cl)c(C)c1. The molecule has 1 aromatic carbocycles. The van der Waals surface area contributed by atoms with E-state index >= 15 is 0 Å². The minimum atomic E-state index is 0.167. The van der Waals surface area contributed by atoms with Crippen molar-refractivity contribution in [2.24, 2.45) is 0 Å². The molecule has 1 rings (SSSR count). The van der Waals surface area contributed by atoms with E-state index in [4.69, 9.17) is 11.6 Å². The lowest BCUT2D eigenvalue weighted by Crippen LogP contribution is -2.11. The molecule has 0 N–H and O–H groups in total. The van der Waals surface area contributed by atoms with Crippen LogP contribution in [0.25, 0.3) is 0 Å². The minimum absolute atomic E-state index is 0.167. The van der Waals surface area contributed by atoms with Crippen LogP contribution in [0.4, 0.5) is 0 Å². The molecule has 14 heavy (non-hydrogen) atoms. The summed E-state index contributed by atoms with van der Waals surface area (Å²) in [6.45, 7) is 8.60. The zero-order chi connectivity index (χ0) is 10.9. The molecule has 0 unspecified atom stereocenters. The third-order valence-corrected chi connectivity index (χ3v) is 4.49. The Bertz CT molecular complexity index is 319. The van der Waals surface area contributed by atoms with Crippen LogP contribution in [0.5, 0.6) is 0 Å². The number of thioether (sulfide) groups is 1. The molecule has 0 aliphatic carbocycles. The first-order valence-corrected chi connectivity index (χ1v) is 6.31. The number of aryl methyl sites for hydroxylation is 2. The van der Waals surface area contributed by atoms with E-state index in [2.05, 4.69) is 46.1 Å². The predicted molar refractivity (Wildman–Crippen MR) is 67.5 cm³/mol. The smallest absolute Gasteiger partial charge is 0.0464 e. The molecular weight excluding hydrogens is 212 g/mol. The monoisotopic (exact) mass is 228 g/mol. The molecule has 0 saturated heterocycles. The van der Waals surface area contributed by atoms with Crippen molar-refractivity contribution in [3.05, 3.63) is 33.8 Å². The molecule has 1 aromatic rings. The third-order valence-electron chi connectivity index (χ3n) is 2.64. The van der Waals surface area contributed by atoms with Gasteiger partial charge < -0.3 is 0 Å². The van der Waals surface area contributed by atoms with Gasteiger partial charge in [0.05, 0.1) is 0 Å². The van der Waals surface area contributed by atoms with Crippen molar-refractivity contribution in [2.75, 3.05) is 6.26 Å². The molecule has 0 aliphatic heterocycles. The highest BCUT2D eigenvalue weighted by Crippen LogP contribution is 2.36. The molecule has 0 radical (unpaired) electrons. The second-order valence-electron chi connectivity index (χ2n) is 4.14. The van der Waals surface area contributed by atoms with Crippen molar-refractivity contribution < 1.29 is 0 Å². The van der Waals surface area contributed by atoms with E-state index in [1.165, 1.54) is 16.7 Å². The normalized spacial score (nSPS) is 11.9. The Labute approximate surface area is 96.0 Å². The van der Waals surface area contributed by atoms with Gasteiger partial charge in [-0.15, -0.1) is 0 Å². The molecule has 78 valence electrons. The van der Waals surface area contributed by atoms with Crippen molar-refractivity contribution in [3.63, 3.8) is 0 Å². The Balaban J connectivity index is 3.26. The number of hydrogen-bond donors (Lipinski definition) is 0. The van der Waals surface area contributed by atoms with Gasteiger partial charge in [-0.3, -0.25) is 0 Å². The predicted octanol–water partition coefficient (Wildman–Crippen LogP) is 4.55. The van der Waals surface area contributed by atoms with E-state index in [-0.39, 0.29) is 4.75 Å². The van der Waals surface area contributed by atoms with Gasteiger partial charge in [0.25, 0.3) is 0 Å². The molecule has 0 aliphatic rings. The average Bonchev–Trinajstić information content (AvgIpc) is 2.13. The largest absolute Gasteiger partial charge is 0.154 e. The summed E-state index contributed by atoms with van der Waals surface area (Å²) in [6.07, 6.45) is 2.14. The van der Waals surface area contributed by atoms with Crippen LogP contribution in [0, 0.1) is 13.8 Å². The highest BCUT2D eigenvalue weighted by molar-refractivity contribution is 7.99. The van der Waals surface area contributed by atoms with Crippen molar-refractivity contribution in [3.8, 4) is 0 Å². The Hall–Kier alpha value is -0.140. The number of halogens is 1. The summed E-state index contributed by atoms with van der Waals surface area (Å²) >= 11 is 8.00. The van der Waals surface area contributed by atoms with Crippen molar-refractivity contribution in [1.82, 2.24) is 0 Å². The molecule has 2 heteroatoms. The van der Waals surface area contributed by atoms with Crippen LogP contribution in [0.15, 0.2) is 12.1 Å². The van der Waals surface area contributed by atoms with Crippen molar-refractivity contribution in [1.29, 1.82) is 0 Å². The summed E-state index contributed by atoms with van der Waals surface area (Å²) < 4.78 is 0.167. The summed E-state index contributed by atoms with van der Waals surface area (Å²) in [6, 6.07) is 4.37. The van der Waals surface area contributed by atoms with Gasteiger partial charge in [0.2, 0.25) is 0 Å². The van der Waals surface area contributed by atoms with Crippen molar-refractivity contribution in [2.45, 2.75) is 32.4 Å². The van der Waals surface area contributed by atoms with E-state index in [1.807, 2.05) is 11.8 Å². The summed E-state index contributed by atoms with van der Waals surface area (Å²) in [5, 5.41) is 0.894. The third kappa shape index (κ3) is 2.26. The Kier molecular flexibility index (Phi) is 3.54. The van der Waals surface area contributed by atoms with E-state index in [1.54, 1.807) is 0 Å². The fourth-order valence-electron chi connectivity index (χ4n) is 1.41. The Morgan fingerprint density at radius 3 is 1.93 bits per heavy atom. The van der Waals surface area contributed by atoms with Crippen LogP contribution in [0.2, 0.25) is 5.02 Å². The van der Waals surface area contributed by atoms with Gasteiger partial charge >= 0.3 is 0 Å². The van der Waals surface area contributed by atoms with Crippen LogP contribution in [0.1, 0.15) is 30.5 Å². The maximum Gasteiger partial charge on any atom is 0.0464 e. The van der Waals surface area contributed by atoms with Gasteiger partial charge in [-0.2, -0.15) is 11.8 Å². The number of benzene rings is 1. The standard InChI is InChI=1S/C12H17ClS/c1-8-6-10(12(3,4)14-5)7-9(2)11(8)13/h6-7H,1-5H3. The molecule has 0 bridgehead atoms. The summed E-state index contributed by atoms with van der Waals surface area (Å²) in [5.74, 6) is 0. The molecule has 0 spiro atoms. The van der Waals surface area contributed by atoms with Gasteiger partial charge in [0.1, 0.15) is 0 Å². The number of rotatable bonds is 2. The Morgan fingerprint density at radius 2 is 1.57 bits per heavy atom. The fraction of sp³-hybridized carbons (Fsp3) is 0.500. The molecule has 0 atom stereocenters. The molecule has 0 nitrogen and oxygen atoms in total. The Morgan fingerprint density at radius 1 is 1.14 bits per heavy atom. The average molecular weight is 229 g/mol. The lowest BCUT2D eigenvalue weighted by molar-refractivity contribution is 0.783. The highest BCUT2D eigenvalue weighted by atomic mass is 35.5. The van der Waals surface area contributed by atoms with Crippen molar-refractivity contribution >= 4 is 23.4 Å². The molecule has 0 aromatic heterocycles. The lowest BCUT2D eigenvalue weighted by Gasteiger charge is -2.24. The molecule has 0 fully saturated rings. The first-order chi connectivity index (χ1) is 6.38. The van der Waals surface area contributed by atoms with Crippen LogP contribution in [0.3, 0.4) is 0 Å². The van der Waals surface area contributed by atoms with Crippen LogP contribution >= 0.6 is 23.4 Å². The van der Waals surface area contributed by atoms with Gasteiger partial charge in [0, 0.05) is 9.77 Å². The van der Waals surface area contributed by atoms with Crippen LogP contribution < -0.4 is 0 Å². The molecule has 0 heterocycles. The van der Waals surface area contributed by atoms with Gasteiger partial charge in [-0.25, -0.2) is 0 Å². The van der Waals surface area contributed by atoms with E-state index in [0.29, 0.717) is 0 Å². The minimum Gasteiger partial charge on any atom is -0.154 e. The zero-order valence-electron chi connectivity index (χ0n) is 9.44. The summed E-state index contributed by atoms with van der Waals surface area (Å²) in [4.78, 5) is 0. The highest BCUT2D eigenvalue weighted by Gasteiger charge is 2.20. The quantitative estimate of drug-likeness (QED) is 0.716. The second-order valence-corrected chi connectivity index (χ2v) is 5.95. The first-order valence-electron chi connectivity index (χ1n) is 4.71. The fourth-order valence-corrected chi connectivity index (χ4v) is 1.87. The zero-order valence-corrected chi connectivity index (χ0v) is 11.0. The maximum atomic E-state index is 6.14. The van der Waals surface area contributed by atoms with E-state index in [0.717, 1.165) is 5.02 Å². The first kappa shape index (κ1) is 11.9. The topological polar surface area (TPSA) is 0 Å². The van der Waals surface area contributed by atoms with Gasteiger partial charge in [-0.05, 0) is 50.6 Å². The van der Waals surface area contributed by atoms with E-state index in [9.17, 15) is 0 Å². The molecule has 0 amide bonds. The summed E-state index contributed by atoms with van der Waals surface area (Å²) in [5.41, 5.74) is 3.69.